The fourth-order valence-corrected chi connectivity index (χ4v) is 1.95. The lowest BCUT2D eigenvalue weighted by molar-refractivity contribution is -0.120. The smallest absolute Gasteiger partial charge is 0.252 e. The fraction of sp³-hybridized carbons (Fsp3) is 0.176. The summed E-state index contributed by atoms with van der Waals surface area (Å²) in [5.41, 5.74) is 5.59. The van der Waals surface area contributed by atoms with E-state index in [4.69, 9.17) is 15.6 Å². The molecular weight excluding hydrogens is 334 g/mol. The number of aliphatic hydroxyl groups excluding tert-OH is 1. The molecule has 2 aromatic carbocycles. The Morgan fingerprint density at radius 3 is 2.40 bits per heavy atom. The van der Waals surface area contributed by atoms with Crippen LogP contribution in [0.2, 0.25) is 0 Å². The Balaban J connectivity index is 2.03. The number of rotatable bonds is 7. The van der Waals surface area contributed by atoms with Crippen molar-refractivity contribution in [3.8, 4) is 5.75 Å². The molecule has 2 aromatic rings. The minimum atomic E-state index is -1.26. The molecule has 0 radical (unpaired) electrons. The Kier molecular flexibility index (Phi) is 6.02. The van der Waals surface area contributed by atoms with Gasteiger partial charge in [-0.3, -0.25) is 9.59 Å². The number of nitrogens with one attached hydrogen (secondary N) is 1. The normalized spacial score (nSPS) is 11.6. The molecule has 0 fully saturated rings. The Morgan fingerprint density at radius 1 is 1.16 bits per heavy atom. The van der Waals surface area contributed by atoms with Gasteiger partial charge in [-0.25, -0.2) is 8.78 Å². The molecule has 0 unspecified atom stereocenters. The molecule has 6 nitrogen and oxygen atoms in total. The average Bonchev–Trinajstić information content (AvgIpc) is 2.59. The number of halogens is 2. The van der Waals surface area contributed by atoms with E-state index in [2.05, 4.69) is 5.32 Å². The van der Waals surface area contributed by atoms with Crippen LogP contribution >= 0.6 is 0 Å². The van der Waals surface area contributed by atoms with Crippen molar-refractivity contribution in [3.63, 3.8) is 0 Å². The lowest BCUT2D eigenvalue weighted by atomic mass is 10.1. The van der Waals surface area contributed by atoms with Crippen LogP contribution in [0.25, 0.3) is 0 Å². The van der Waals surface area contributed by atoms with Gasteiger partial charge in [-0.05, 0) is 35.9 Å². The van der Waals surface area contributed by atoms with Gasteiger partial charge in [-0.1, -0.05) is 12.1 Å². The standard InChI is InChI=1S/C17H16F2N2O4/c18-12-4-1-10(2-5-12)9-25-15-6-3-11(7-13(15)19)17(24)21-14(8-22)16(20)23/h1-7,14,22H,8-9H2,(H2,20,23)(H,21,24)/t14-/m0/s1. The van der Waals surface area contributed by atoms with Gasteiger partial charge < -0.3 is 20.9 Å². The Morgan fingerprint density at radius 2 is 1.84 bits per heavy atom. The molecule has 25 heavy (non-hydrogen) atoms. The van der Waals surface area contributed by atoms with E-state index < -0.39 is 30.3 Å². The van der Waals surface area contributed by atoms with Crippen LogP contribution in [0.3, 0.4) is 0 Å². The van der Waals surface area contributed by atoms with Crippen LogP contribution in [0.4, 0.5) is 8.78 Å². The van der Waals surface area contributed by atoms with Gasteiger partial charge in [0.2, 0.25) is 5.91 Å². The molecule has 2 rings (SSSR count). The molecule has 4 N–H and O–H groups in total. The van der Waals surface area contributed by atoms with Gasteiger partial charge in [0.15, 0.2) is 11.6 Å². The molecule has 0 aliphatic rings. The van der Waals surface area contributed by atoms with E-state index >= 15 is 0 Å². The summed E-state index contributed by atoms with van der Waals surface area (Å²) >= 11 is 0. The molecule has 132 valence electrons. The third-order valence-corrected chi connectivity index (χ3v) is 3.33. The molecule has 0 heterocycles. The fourth-order valence-electron chi connectivity index (χ4n) is 1.95. The Hall–Kier alpha value is -3.00. The second-order valence-corrected chi connectivity index (χ2v) is 5.17. The third kappa shape index (κ3) is 4.98. The maximum absolute atomic E-state index is 14.0. The molecule has 0 aliphatic heterocycles. The number of primary amides is 1. The van der Waals surface area contributed by atoms with Crippen LogP contribution in [0.15, 0.2) is 42.5 Å². The molecule has 0 saturated carbocycles. The molecular formula is C17H16F2N2O4. The number of amides is 2. The van der Waals surface area contributed by atoms with Crippen LogP contribution < -0.4 is 15.8 Å². The highest BCUT2D eigenvalue weighted by Crippen LogP contribution is 2.20. The summed E-state index contributed by atoms with van der Waals surface area (Å²) in [6, 6.07) is 7.77. The van der Waals surface area contributed by atoms with E-state index in [0.717, 1.165) is 6.07 Å². The van der Waals surface area contributed by atoms with Crippen LogP contribution in [-0.4, -0.2) is 29.6 Å². The number of benzene rings is 2. The van der Waals surface area contributed by atoms with E-state index in [0.29, 0.717) is 5.56 Å². The zero-order valence-corrected chi connectivity index (χ0v) is 13.0. The SMILES string of the molecule is NC(=O)[C@H](CO)NC(=O)c1ccc(OCc2ccc(F)cc2)c(F)c1. The summed E-state index contributed by atoms with van der Waals surface area (Å²) < 4.78 is 32.2. The average molecular weight is 350 g/mol. The van der Waals surface area contributed by atoms with Crippen molar-refractivity contribution in [3.05, 3.63) is 65.2 Å². The van der Waals surface area contributed by atoms with Gasteiger partial charge in [0.1, 0.15) is 18.5 Å². The summed E-state index contributed by atoms with van der Waals surface area (Å²) in [6.07, 6.45) is 0. The number of carbonyl (C=O) groups excluding carboxylic acids is 2. The van der Waals surface area contributed by atoms with Crippen LogP contribution in [0.1, 0.15) is 15.9 Å². The van der Waals surface area contributed by atoms with E-state index in [1.54, 1.807) is 0 Å². The predicted molar refractivity (Wildman–Crippen MR) is 84.7 cm³/mol. The number of ether oxygens (including phenoxy) is 1. The first-order valence-electron chi connectivity index (χ1n) is 7.28. The summed E-state index contributed by atoms with van der Waals surface area (Å²) in [5, 5.41) is 11.1. The molecule has 0 aromatic heterocycles. The van der Waals surface area contributed by atoms with Crippen molar-refractivity contribution >= 4 is 11.8 Å². The minimum absolute atomic E-state index is 0.0248. The zero-order chi connectivity index (χ0) is 18.4. The summed E-state index contributed by atoms with van der Waals surface area (Å²) in [6.45, 7) is -0.639. The molecule has 1 atom stereocenters. The van der Waals surface area contributed by atoms with Gasteiger partial charge in [-0.15, -0.1) is 0 Å². The first kappa shape index (κ1) is 18.3. The minimum Gasteiger partial charge on any atom is -0.486 e. The van der Waals surface area contributed by atoms with E-state index in [9.17, 15) is 18.4 Å². The van der Waals surface area contributed by atoms with Crippen molar-refractivity contribution in [2.45, 2.75) is 12.6 Å². The quantitative estimate of drug-likeness (QED) is 0.696. The Labute approximate surface area is 142 Å². The number of aliphatic hydroxyl groups is 1. The lowest BCUT2D eigenvalue weighted by Crippen LogP contribution is -2.46. The molecule has 0 aliphatic carbocycles. The molecule has 8 heteroatoms. The second kappa shape index (κ2) is 8.20. The number of hydrogen-bond acceptors (Lipinski definition) is 4. The number of nitrogens with two attached hydrogens (primary N) is 1. The molecule has 0 bridgehead atoms. The van der Waals surface area contributed by atoms with Gasteiger partial charge in [-0.2, -0.15) is 0 Å². The highest BCUT2D eigenvalue weighted by Gasteiger charge is 2.18. The monoisotopic (exact) mass is 350 g/mol. The molecule has 0 saturated heterocycles. The van der Waals surface area contributed by atoms with Crippen LogP contribution in [-0.2, 0) is 11.4 Å². The van der Waals surface area contributed by atoms with Crippen molar-refractivity contribution < 1.29 is 28.2 Å². The van der Waals surface area contributed by atoms with E-state index in [1.165, 1.54) is 36.4 Å². The third-order valence-electron chi connectivity index (χ3n) is 3.33. The van der Waals surface area contributed by atoms with Crippen molar-refractivity contribution in [1.29, 1.82) is 0 Å². The zero-order valence-electron chi connectivity index (χ0n) is 13.0. The second-order valence-electron chi connectivity index (χ2n) is 5.17. The maximum atomic E-state index is 14.0. The topological polar surface area (TPSA) is 102 Å². The number of hydrogen-bond donors (Lipinski definition) is 3. The van der Waals surface area contributed by atoms with Gasteiger partial charge in [0, 0.05) is 5.56 Å². The highest BCUT2D eigenvalue weighted by molar-refractivity contribution is 5.97. The van der Waals surface area contributed by atoms with Crippen LogP contribution in [0, 0.1) is 11.6 Å². The molecule has 0 spiro atoms. The number of carbonyl (C=O) groups is 2. The van der Waals surface area contributed by atoms with Crippen LogP contribution in [0.5, 0.6) is 5.75 Å². The summed E-state index contributed by atoms with van der Waals surface area (Å²) in [7, 11) is 0. The summed E-state index contributed by atoms with van der Waals surface area (Å²) in [5.74, 6) is -2.93. The molecule has 2 amide bonds. The first-order chi connectivity index (χ1) is 11.9. The van der Waals surface area contributed by atoms with Crippen molar-refractivity contribution in [1.82, 2.24) is 5.32 Å². The van der Waals surface area contributed by atoms with E-state index in [-0.39, 0.29) is 23.7 Å². The van der Waals surface area contributed by atoms with Crippen molar-refractivity contribution in [2.75, 3.05) is 6.61 Å². The van der Waals surface area contributed by atoms with Gasteiger partial charge in [0.25, 0.3) is 5.91 Å². The Bertz CT molecular complexity index is 766. The maximum Gasteiger partial charge on any atom is 0.252 e. The van der Waals surface area contributed by atoms with Crippen molar-refractivity contribution in [2.24, 2.45) is 5.73 Å². The highest BCUT2D eigenvalue weighted by atomic mass is 19.1. The first-order valence-corrected chi connectivity index (χ1v) is 7.28. The summed E-state index contributed by atoms with van der Waals surface area (Å²) in [4.78, 5) is 22.9. The predicted octanol–water partition coefficient (Wildman–Crippen LogP) is 1.12. The van der Waals surface area contributed by atoms with Gasteiger partial charge >= 0.3 is 0 Å². The largest absolute Gasteiger partial charge is 0.486 e. The lowest BCUT2D eigenvalue weighted by Gasteiger charge is -2.13. The van der Waals surface area contributed by atoms with Gasteiger partial charge in [0.05, 0.1) is 6.61 Å². The van der Waals surface area contributed by atoms with E-state index in [1.807, 2.05) is 0 Å².